The summed E-state index contributed by atoms with van der Waals surface area (Å²) in [6.07, 6.45) is 9.70. The molecule has 4 nitrogen and oxygen atoms in total. The summed E-state index contributed by atoms with van der Waals surface area (Å²) in [6, 6.07) is 8.49. The van der Waals surface area contributed by atoms with Crippen molar-refractivity contribution in [2.45, 2.75) is 84.6 Å². The Morgan fingerprint density at radius 3 is 2.67 bits per heavy atom. The number of para-hydroxylation sites is 1. The fraction of sp³-hybridized carbons (Fsp3) is 0.731. The van der Waals surface area contributed by atoms with Crippen LogP contribution in [0.3, 0.4) is 0 Å². The molecule has 30 heavy (non-hydrogen) atoms. The zero-order valence-electron chi connectivity index (χ0n) is 19.4. The molecule has 1 fully saturated rings. The maximum atomic E-state index is 13.6. The molecule has 4 heteroatoms. The van der Waals surface area contributed by atoms with Crippen molar-refractivity contribution in [1.82, 2.24) is 10.2 Å². The number of hydrogen-bond donors (Lipinski definition) is 1. The molecule has 3 rings (SSSR count). The normalized spacial score (nSPS) is 23.2. The van der Waals surface area contributed by atoms with E-state index < -0.39 is 0 Å². The van der Waals surface area contributed by atoms with Gasteiger partial charge in [-0.15, -0.1) is 0 Å². The number of carbonyl (C=O) groups is 1. The van der Waals surface area contributed by atoms with Gasteiger partial charge in [-0.2, -0.15) is 0 Å². The van der Waals surface area contributed by atoms with Crippen molar-refractivity contribution in [3.8, 4) is 5.75 Å². The van der Waals surface area contributed by atoms with Gasteiger partial charge in [0, 0.05) is 0 Å². The summed E-state index contributed by atoms with van der Waals surface area (Å²) in [5, 5.41) is 3.43. The van der Waals surface area contributed by atoms with E-state index in [2.05, 4.69) is 49.2 Å². The van der Waals surface area contributed by atoms with Crippen LogP contribution in [0, 0.1) is 11.3 Å². The lowest BCUT2D eigenvalue weighted by Crippen LogP contribution is -2.52. The number of hydrogen-bond acceptors (Lipinski definition) is 3. The quantitative estimate of drug-likeness (QED) is 0.719. The van der Waals surface area contributed by atoms with Gasteiger partial charge >= 0.3 is 0 Å². The van der Waals surface area contributed by atoms with E-state index in [4.69, 9.17) is 4.74 Å². The van der Waals surface area contributed by atoms with E-state index in [-0.39, 0.29) is 17.4 Å². The number of nitrogens with one attached hydrogen (secondary N) is 1. The molecule has 1 atom stereocenters. The zero-order chi connectivity index (χ0) is 21.4. The SMILES string of the molecule is CCCCN1CCC2(CCCCc3ccccc3OC[C@H](CC(C)C)NC2=O)CC1. The Labute approximate surface area is 183 Å². The molecule has 0 bridgehead atoms. The zero-order valence-corrected chi connectivity index (χ0v) is 19.4. The Morgan fingerprint density at radius 2 is 1.93 bits per heavy atom. The third-order valence-electron chi connectivity index (χ3n) is 6.98. The Bertz CT molecular complexity index is 665. The second-order valence-electron chi connectivity index (χ2n) is 9.90. The van der Waals surface area contributed by atoms with Crippen LogP contribution in [-0.4, -0.2) is 43.1 Å². The molecule has 1 aromatic rings. The number of rotatable bonds is 5. The summed E-state index contributed by atoms with van der Waals surface area (Å²) < 4.78 is 6.24. The van der Waals surface area contributed by atoms with E-state index >= 15 is 0 Å². The number of carbonyl (C=O) groups excluding carboxylic acids is 1. The number of benzene rings is 1. The molecule has 1 spiro atoms. The lowest BCUT2D eigenvalue weighted by Gasteiger charge is -2.42. The lowest BCUT2D eigenvalue weighted by atomic mass is 9.73. The van der Waals surface area contributed by atoms with Crippen LogP contribution in [0.4, 0.5) is 0 Å². The van der Waals surface area contributed by atoms with Crippen molar-refractivity contribution >= 4 is 5.91 Å². The van der Waals surface area contributed by atoms with E-state index in [0.717, 1.165) is 63.8 Å². The van der Waals surface area contributed by atoms with E-state index in [9.17, 15) is 4.79 Å². The van der Waals surface area contributed by atoms with Crippen molar-refractivity contribution in [3.05, 3.63) is 29.8 Å². The number of ether oxygens (including phenoxy) is 1. The highest BCUT2D eigenvalue weighted by Crippen LogP contribution is 2.38. The van der Waals surface area contributed by atoms with Gasteiger partial charge in [0.25, 0.3) is 0 Å². The first kappa shape index (κ1) is 23.1. The van der Waals surface area contributed by atoms with Crippen LogP contribution in [-0.2, 0) is 11.2 Å². The number of piperidine rings is 1. The van der Waals surface area contributed by atoms with Crippen LogP contribution in [0.2, 0.25) is 0 Å². The summed E-state index contributed by atoms with van der Waals surface area (Å²) in [5.41, 5.74) is 1.10. The molecular weight excluding hydrogens is 372 g/mol. The average molecular weight is 415 g/mol. The van der Waals surface area contributed by atoms with Gasteiger partial charge in [0.1, 0.15) is 12.4 Å². The topological polar surface area (TPSA) is 41.6 Å². The third-order valence-corrected chi connectivity index (χ3v) is 6.98. The number of aryl methyl sites for hydroxylation is 1. The summed E-state index contributed by atoms with van der Waals surface area (Å²) in [4.78, 5) is 16.1. The lowest BCUT2D eigenvalue weighted by molar-refractivity contribution is -0.135. The van der Waals surface area contributed by atoms with Crippen LogP contribution in [0.1, 0.15) is 77.7 Å². The molecule has 0 aliphatic carbocycles. The van der Waals surface area contributed by atoms with Crippen LogP contribution in [0.15, 0.2) is 24.3 Å². The van der Waals surface area contributed by atoms with Gasteiger partial charge in [-0.1, -0.05) is 51.8 Å². The van der Waals surface area contributed by atoms with Gasteiger partial charge in [-0.3, -0.25) is 4.79 Å². The van der Waals surface area contributed by atoms with Crippen LogP contribution >= 0.6 is 0 Å². The molecule has 2 aliphatic rings. The molecule has 1 saturated heterocycles. The predicted molar refractivity (Wildman–Crippen MR) is 124 cm³/mol. The number of unbranched alkanes of at least 4 members (excludes halogenated alkanes) is 1. The molecule has 0 unspecified atom stereocenters. The molecule has 168 valence electrons. The highest BCUT2D eigenvalue weighted by molar-refractivity contribution is 5.83. The number of fused-ring (bicyclic) bond motifs is 1. The van der Waals surface area contributed by atoms with E-state index in [1.807, 2.05) is 6.07 Å². The standard InChI is InChI=1S/C26H42N2O2/c1-4-5-16-28-17-14-26(15-18-28)13-9-8-11-22-10-6-7-12-24(22)30-20-23(19-21(2)3)27-25(26)29/h6-7,10,12,21,23H,4-5,8-9,11,13-20H2,1-3H3,(H,27,29)/t23-/m0/s1. The maximum Gasteiger partial charge on any atom is 0.226 e. The minimum Gasteiger partial charge on any atom is -0.491 e. The first-order valence-electron chi connectivity index (χ1n) is 12.3. The van der Waals surface area contributed by atoms with Gasteiger partial charge in [-0.05, 0) is 82.1 Å². The van der Waals surface area contributed by atoms with Gasteiger partial charge in [-0.25, -0.2) is 0 Å². The second-order valence-corrected chi connectivity index (χ2v) is 9.90. The van der Waals surface area contributed by atoms with Gasteiger partial charge in [0.2, 0.25) is 5.91 Å². The van der Waals surface area contributed by atoms with Crippen molar-refractivity contribution < 1.29 is 9.53 Å². The average Bonchev–Trinajstić information content (AvgIpc) is 2.74. The molecular formula is C26H42N2O2. The van der Waals surface area contributed by atoms with Crippen molar-refractivity contribution in [2.24, 2.45) is 11.3 Å². The largest absolute Gasteiger partial charge is 0.491 e. The molecule has 2 heterocycles. The van der Waals surface area contributed by atoms with Gasteiger partial charge in [0.15, 0.2) is 0 Å². The Hall–Kier alpha value is -1.55. The molecule has 1 amide bonds. The monoisotopic (exact) mass is 414 g/mol. The Morgan fingerprint density at radius 1 is 1.17 bits per heavy atom. The van der Waals surface area contributed by atoms with Crippen molar-refractivity contribution in [2.75, 3.05) is 26.2 Å². The fourth-order valence-corrected chi connectivity index (χ4v) is 5.07. The van der Waals surface area contributed by atoms with Crippen molar-refractivity contribution in [3.63, 3.8) is 0 Å². The van der Waals surface area contributed by atoms with E-state index in [1.165, 1.54) is 24.9 Å². The fourth-order valence-electron chi connectivity index (χ4n) is 5.07. The Kier molecular flexibility index (Phi) is 8.61. The summed E-state index contributed by atoms with van der Waals surface area (Å²) in [7, 11) is 0. The second kappa shape index (κ2) is 11.2. The number of likely N-dealkylation sites (tertiary alicyclic amines) is 1. The predicted octanol–water partition coefficient (Wildman–Crippen LogP) is 5.21. The maximum absolute atomic E-state index is 13.6. The van der Waals surface area contributed by atoms with E-state index in [1.54, 1.807) is 0 Å². The molecule has 0 radical (unpaired) electrons. The minimum atomic E-state index is -0.198. The van der Waals surface area contributed by atoms with Crippen LogP contribution < -0.4 is 10.1 Å². The summed E-state index contributed by atoms with van der Waals surface area (Å²) in [5.74, 6) is 1.79. The van der Waals surface area contributed by atoms with Crippen LogP contribution in [0.25, 0.3) is 0 Å². The molecule has 2 aliphatic heterocycles. The Balaban J connectivity index is 1.74. The highest BCUT2D eigenvalue weighted by atomic mass is 16.5. The first-order valence-corrected chi connectivity index (χ1v) is 12.3. The number of amides is 1. The highest BCUT2D eigenvalue weighted by Gasteiger charge is 2.41. The molecule has 0 saturated carbocycles. The molecule has 1 N–H and O–H groups in total. The van der Waals surface area contributed by atoms with Crippen LogP contribution in [0.5, 0.6) is 5.75 Å². The minimum absolute atomic E-state index is 0.0694. The summed E-state index contributed by atoms with van der Waals surface area (Å²) in [6.45, 7) is 10.5. The van der Waals surface area contributed by atoms with Gasteiger partial charge < -0.3 is 15.0 Å². The van der Waals surface area contributed by atoms with Crippen molar-refractivity contribution in [1.29, 1.82) is 0 Å². The van der Waals surface area contributed by atoms with E-state index in [0.29, 0.717) is 12.5 Å². The molecule has 0 aromatic heterocycles. The number of nitrogens with zero attached hydrogens (tertiary/aromatic N) is 1. The smallest absolute Gasteiger partial charge is 0.226 e. The molecule has 1 aromatic carbocycles. The third kappa shape index (κ3) is 6.23. The van der Waals surface area contributed by atoms with Gasteiger partial charge in [0.05, 0.1) is 11.5 Å². The first-order chi connectivity index (χ1) is 14.5. The summed E-state index contributed by atoms with van der Waals surface area (Å²) >= 11 is 0.